The van der Waals surface area contributed by atoms with Crippen LogP contribution in [0.4, 0.5) is 0 Å². The van der Waals surface area contributed by atoms with Gasteiger partial charge in [-0.05, 0) is 38.7 Å². The molecule has 0 aliphatic rings. The molecule has 0 heterocycles. The largest absolute Gasteiger partial charge is 0.353 e. The summed E-state index contributed by atoms with van der Waals surface area (Å²) in [5.41, 5.74) is 2.43. The van der Waals surface area contributed by atoms with Crippen molar-refractivity contribution in [1.82, 2.24) is 10.2 Å². The molecule has 0 bridgehead atoms. The third-order valence-electron chi connectivity index (χ3n) is 3.77. The average Bonchev–Trinajstić information content (AvgIpc) is 2.55. The molecule has 0 saturated heterocycles. The monoisotopic (exact) mass is 362 g/mol. The number of nitrogens with one attached hydrogen (secondary N) is 1. The topological polar surface area (TPSA) is 32.3 Å². The molecule has 2 aromatic carbocycles. The first-order valence-electron chi connectivity index (χ1n) is 7.84. The van der Waals surface area contributed by atoms with E-state index in [0.29, 0.717) is 17.3 Å². The normalized spacial score (nSPS) is 12.2. The van der Waals surface area contributed by atoms with Gasteiger partial charge in [-0.25, -0.2) is 0 Å². The Kier molecular flexibility index (Phi) is 7.16. The van der Waals surface area contributed by atoms with Gasteiger partial charge in [0.2, 0.25) is 5.91 Å². The van der Waals surface area contributed by atoms with Gasteiger partial charge in [0.15, 0.2) is 0 Å². The average molecular weight is 363 g/mol. The van der Waals surface area contributed by atoms with Crippen LogP contribution >= 0.6 is 23.4 Å². The van der Waals surface area contributed by atoms with E-state index in [2.05, 4.69) is 41.4 Å². The maximum Gasteiger partial charge on any atom is 0.230 e. The van der Waals surface area contributed by atoms with Crippen LogP contribution in [0.1, 0.15) is 17.2 Å². The van der Waals surface area contributed by atoms with Crippen molar-refractivity contribution in [3.8, 4) is 0 Å². The zero-order valence-corrected chi connectivity index (χ0v) is 15.8. The molecule has 0 radical (unpaired) electrons. The minimum absolute atomic E-state index is 0.0129. The Balaban J connectivity index is 1.88. The molecule has 0 saturated carbocycles. The van der Waals surface area contributed by atoms with Crippen LogP contribution in [0.5, 0.6) is 0 Å². The summed E-state index contributed by atoms with van der Waals surface area (Å²) in [7, 11) is 4.05. The summed E-state index contributed by atoms with van der Waals surface area (Å²) < 4.78 is 0. The van der Waals surface area contributed by atoms with Gasteiger partial charge in [-0.1, -0.05) is 53.6 Å². The van der Waals surface area contributed by atoms with Gasteiger partial charge in [-0.2, -0.15) is 0 Å². The van der Waals surface area contributed by atoms with Crippen LogP contribution in [-0.4, -0.2) is 37.2 Å². The van der Waals surface area contributed by atoms with E-state index in [4.69, 9.17) is 11.6 Å². The lowest BCUT2D eigenvalue weighted by Crippen LogP contribution is -2.35. The molecule has 2 aromatic rings. The molecule has 0 aliphatic heterocycles. The molecule has 0 aromatic heterocycles. The first-order valence-corrected chi connectivity index (χ1v) is 9.20. The third-order valence-corrected chi connectivity index (χ3v) is 5.29. The lowest BCUT2D eigenvalue weighted by Gasteiger charge is -2.25. The molecule has 24 heavy (non-hydrogen) atoms. The van der Waals surface area contributed by atoms with Crippen molar-refractivity contribution in [3.63, 3.8) is 0 Å². The number of amides is 1. The zero-order chi connectivity index (χ0) is 17.5. The second kappa shape index (κ2) is 9.11. The zero-order valence-electron chi connectivity index (χ0n) is 14.3. The molecule has 3 nitrogen and oxygen atoms in total. The van der Waals surface area contributed by atoms with Crippen molar-refractivity contribution in [2.45, 2.75) is 17.9 Å². The summed E-state index contributed by atoms with van der Waals surface area (Å²) in [5, 5.41) is 3.70. The van der Waals surface area contributed by atoms with E-state index in [9.17, 15) is 4.79 Å². The van der Waals surface area contributed by atoms with Crippen LogP contribution in [0.15, 0.2) is 53.4 Å². The van der Waals surface area contributed by atoms with Crippen LogP contribution in [0.3, 0.4) is 0 Å². The van der Waals surface area contributed by atoms with Gasteiger partial charge in [0.1, 0.15) is 0 Å². The van der Waals surface area contributed by atoms with Gasteiger partial charge in [-0.3, -0.25) is 4.79 Å². The van der Waals surface area contributed by atoms with E-state index in [1.54, 1.807) is 0 Å². The molecule has 5 heteroatoms. The number of rotatable bonds is 7. The Morgan fingerprint density at radius 1 is 1.17 bits per heavy atom. The number of halogens is 1. The second-order valence-corrected chi connectivity index (χ2v) is 7.34. The number of benzene rings is 2. The Morgan fingerprint density at radius 3 is 2.46 bits per heavy atom. The Labute approximate surface area is 153 Å². The minimum Gasteiger partial charge on any atom is -0.353 e. The number of carbonyl (C=O) groups excluding carboxylic acids is 1. The molecule has 0 fully saturated rings. The van der Waals surface area contributed by atoms with Gasteiger partial charge in [0.05, 0.1) is 16.8 Å². The fourth-order valence-corrected chi connectivity index (χ4v) is 3.42. The van der Waals surface area contributed by atoms with Crippen molar-refractivity contribution in [1.29, 1.82) is 0 Å². The highest BCUT2D eigenvalue weighted by molar-refractivity contribution is 8.00. The summed E-state index contributed by atoms with van der Waals surface area (Å²) >= 11 is 7.57. The van der Waals surface area contributed by atoms with Crippen LogP contribution in [0, 0.1) is 6.92 Å². The van der Waals surface area contributed by atoms with Crippen LogP contribution in [0.2, 0.25) is 5.02 Å². The Bertz CT molecular complexity index is 673. The molecule has 1 amide bonds. The maximum absolute atomic E-state index is 12.1. The number of thioether (sulfide) groups is 1. The van der Waals surface area contributed by atoms with E-state index in [-0.39, 0.29) is 11.9 Å². The lowest BCUT2D eigenvalue weighted by atomic mass is 10.0. The standard InChI is InChI=1S/C19H23ClN2OS/c1-14-8-10-15(11-9-14)17(22(2)3)12-21-19(23)13-24-18-7-5-4-6-16(18)20/h4-11,17H,12-13H2,1-3H3,(H,21,23). The molecular weight excluding hydrogens is 340 g/mol. The quantitative estimate of drug-likeness (QED) is 0.750. The third kappa shape index (κ3) is 5.55. The number of likely N-dealkylation sites (N-methyl/N-ethyl adjacent to an activating group) is 1. The summed E-state index contributed by atoms with van der Waals surface area (Å²) in [5.74, 6) is 0.372. The van der Waals surface area contributed by atoms with E-state index in [1.165, 1.54) is 22.9 Å². The summed E-state index contributed by atoms with van der Waals surface area (Å²) in [6, 6.07) is 16.1. The molecule has 2 rings (SSSR count). The van der Waals surface area contributed by atoms with E-state index in [0.717, 1.165) is 4.90 Å². The smallest absolute Gasteiger partial charge is 0.230 e. The highest BCUT2D eigenvalue weighted by Gasteiger charge is 2.15. The number of aryl methyl sites for hydroxylation is 1. The van der Waals surface area contributed by atoms with Gasteiger partial charge in [0, 0.05) is 11.4 Å². The van der Waals surface area contributed by atoms with Crippen LogP contribution in [-0.2, 0) is 4.79 Å². The first kappa shape index (κ1) is 18.8. The maximum atomic E-state index is 12.1. The number of hydrogen-bond acceptors (Lipinski definition) is 3. The SMILES string of the molecule is Cc1ccc(C(CNC(=O)CSc2ccccc2Cl)N(C)C)cc1. The predicted octanol–water partition coefficient (Wildman–Crippen LogP) is 4.16. The van der Waals surface area contributed by atoms with E-state index >= 15 is 0 Å². The molecule has 1 unspecified atom stereocenters. The summed E-state index contributed by atoms with van der Waals surface area (Å²) in [6.45, 7) is 2.65. The lowest BCUT2D eigenvalue weighted by molar-refractivity contribution is -0.118. The van der Waals surface area contributed by atoms with Gasteiger partial charge < -0.3 is 10.2 Å². The molecule has 128 valence electrons. The van der Waals surface area contributed by atoms with Gasteiger partial charge in [0.25, 0.3) is 0 Å². The van der Waals surface area contributed by atoms with Gasteiger partial charge in [-0.15, -0.1) is 11.8 Å². The molecule has 1 N–H and O–H groups in total. The van der Waals surface area contributed by atoms with Crippen LogP contribution in [0.25, 0.3) is 0 Å². The number of hydrogen-bond donors (Lipinski definition) is 1. The van der Waals surface area contributed by atoms with Crippen molar-refractivity contribution < 1.29 is 4.79 Å². The van der Waals surface area contributed by atoms with Crippen molar-refractivity contribution in [2.75, 3.05) is 26.4 Å². The van der Waals surface area contributed by atoms with Gasteiger partial charge >= 0.3 is 0 Å². The Hall–Kier alpha value is -1.49. The summed E-state index contributed by atoms with van der Waals surface area (Å²) in [4.78, 5) is 15.2. The number of nitrogens with zero attached hydrogens (tertiary/aromatic N) is 1. The van der Waals surface area contributed by atoms with E-state index in [1.807, 2.05) is 38.4 Å². The summed E-state index contributed by atoms with van der Waals surface area (Å²) in [6.07, 6.45) is 0. The molecular formula is C19H23ClN2OS. The first-order chi connectivity index (χ1) is 11.5. The Morgan fingerprint density at radius 2 is 1.83 bits per heavy atom. The highest BCUT2D eigenvalue weighted by atomic mass is 35.5. The predicted molar refractivity (Wildman–Crippen MR) is 103 cm³/mol. The van der Waals surface area contributed by atoms with Crippen LogP contribution < -0.4 is 5.32 Å². The fraction of sp³-hybridized carbons (Fsp3) is 0.316. The van der Waals surface area contributed by atoms with E-state index < -0.39 is 0 Å². The molecule has 0 aliphatic carbocycles. The molecule has 0 spiro atoms. The highest BCUT2D eigenvalue weighted by Crippen LogP contribution is 2.26. The fourth-order valence-electron chi connectivity index (χ4n) is 2.35. The number of carbonyl (C=O) groups is 1. The second-order valence-electron chi connectivity index (χ2n) is 5.91. The van der Waals surface area contributed by atoms with Crippen molar-refractivity contribution in [2.24, 2.45) is 0 Å². The molecule has 1 atom stereocenters. The minimum atomic E-state index is 0.0129. The van der Waals surface area contributed by atoms with Crippen molar-refractivity contribution >= 4 is 29.3 Å². The van der Waals surface area contributed by atoms with Crippen molar-refractivity contribution in [3.05, 3.63) is 64.7 Å².